The minimum absolute atomic E-state index is 0.101. The van der Waals surface area contributed by atoms with Crippen molar-refractivity contribution in [1.82, 2.24) is 15.2 Å². The van der Waals surface area contributed by atoms with E-state index >= 15 is 0 Å². The van der Waals surface area contributed by atoms with Crippen LogP contribution in [0.25, 0.3) is 0 Å². The zero-order chi connectivity index (χ0) is 17.3. The van der Waals surface area contributed by atoms with E-state index in [-0.39, 0.29) is 11.9 Å². The van der Waals surface area contributed by atoms with Crippen LogP contribution in [0.3, 0.4) is 0 Å². The number of hydrogen-bond donors (Lipinski definition) is 1. The van der Waals surface area contributed by atoms with E-state index in [2.05, 4.69) is 22.4 Å². The summed E-state index contributed by atoms with van der Waals surface area (Å²) in [4.78, 5) is 19.1. The zero-order valence-corrected chi connectivity index (χ0v) is 14.4. The lowest BCUT2D eigenvalue weighted by Gasteiger charge is -2.27. The number of carbonyl (C=O) groups is 1. The van der Waals surface area contributed by atoms with Gasteiger partial charge in [-0.1, -0.05) is 36.4 Å². The van der Waals surface area contributed by atoms with Gasteiger partial charge in [-0.15, -0.1) is 0 Å². The largest absolute Gasteiger partial charge is 0.378 e. The minimum Gasteiger partial charge on any atom is -0.378 e. The lowest BCUT2D eigenvalue weighted by atomic mass is 10.1. The van der Waals surface area contributed by atoms with Crippen molar-refractivity contribution in [2.75, 3.05) is 26.3 Å². The number of rotatable bonds is 7. The Balaban J connectivity index is 1.63. The average molecular weight is 339 g/mol. The standard InChI is InChI=1S/C20H25N3O2/c24-20(14-19-16-25-13-11-22-19)23(15-18-8-4-5-10-21-18)12-9-17-6-2-1-3-7-17/h1-8,10,19,22H,9,11-16H2/t19-/m0/s1. The van der Waals surface area contributed by atoms with Crippen LogP contribution in [-0.2, 0) is 22.5 Å². The fourth-order valence-corrected chi connectivity index (χ4v) is 2.98. The van der Waals surface area contributed by atoms with E-state index in [4.69, 9.17) is 4.74 Å². The van der Waals surface area contributed by atoms with Crippen molar-refractivity contribution in [3.8, 4) is 0 Å². The topological polar surface area (TPSA) is 54.5 Å². The SMILES string of the molecule is O=C(C[C@H]1COCCN1)N(CCc1ccccc1)Cc1ccccn1. The highest BCUT2D eigenvalue weighted by Crippen LogP contribution is 2.09. The molecule has 1 aromatic carbocycles. The Hall–Kier alpha value is -2.24. The second kappa shape index (κ2) is 9.30. The molecule has 2 aromatic rings. The number of pyridine rings is 1. The number of nitrogens with one attached hydrogen (secondary N) is 1. The Morgan fingerprint density at radius 3 is 2.76 bits per heavy atom. The highest BCUT2D eigenvalue weighted by molar-refractivity contribution is 5.76. The summed E-state index contributed by atoms with van der Waals surface area (Å²) < 4.78 is 5.46. The normalized spacial score (nSPS) is 17.2. The molecule has 1 atom stereocenters. The first-order valence-corrected chi connectivity index (χ1v) is 8.84. The van der Waals surface area contributed by atoms with Crippen LogP contribution >= 0.6 is 0 Å². The molecule has 0 radical (unpaired) electrons. The third-order valence-electron chi connectivity index (χ3n) is 4.36. The Kier molecular flexibility index (Phi) is 6.54. The maximum absolute atomic E-state index is 12.8. The average Bonchev–Trinajstić information content (AvgIpc) is 2.67. The number of carbonyl (C=O) groups excluding carboxylic acids is 1. The van der Waals surface area contributed by atoms with Gasteiger partial charge in [-0.25, -0.2) is 0 Å². The van der Waals surface area contributed by atoms with Gasteiger partial charge in [0.05, 0.1) is 25.5 Å². The molecule has 0 bridgehead atoms. The number of amides is 1. The summed E-state index contributed by atoms with van der Waals surface area (Å²) in [5.74, 6) is 0.143. The summed E-state index contributed by atoms with van der Waals surface area (Å²) in [5.41, 5.74) is 2.15. The Morgan fingerprint density at radius 1 is 1.20 bits per heavy atom. The van der Waals surface area contributed by atoms with Crippen molar-refractivity contribution in [2.24, 2.45) is 0 Å². The van der Waals surface area contributed by atoms with Crippen LogP contribution in [0.2, 0.25) is 0 Å². The smallest absolute Gasteiger partial charge is 0.224 e. The van der Waals surface area contributed by atoms with E-state index in [9.17, 15) is 4.79 Å². The molecular formula is C20H25N3O2. The number of morpholine rings is 1. The van der Waals surface area contributed by atoms with Crippen molar-refractivity contribution >= 4 is 5.91 Å². The molecule has 5 heteroatoms. The number of benzene rings is 1. The van der Waals surface area contributed by atoms with E-state index in [0.717, 1.165) is 25.3 Å². The number of aromatic nitrogens is 1. The molecule has 1 saturated heterocycles. The first-order valence-electron chi connectivity index (χ1n) is 8.84. The Morgan fingerprint density at radius 2 is 2.04 bits per heavy atom. The quantitative estimate of drug-likeness (QED) is 0.839. The van der Waals surface area contributed by atoms with Crippen LogP contribution in [0.1, 0.15) is 17.7 Å². The summed E-state index contributed by atoms with van der Waals surface area (Å²) >= 11 is 0. The van der Waals surface area contributed by atoms with Gasteiger partial charge in [0.15, 0.2) is 0 Å². The molecule has 0 aliphatic carbocycles. The molecule has 1 fully saturated rings. The molecular weight excluding hydrogens is 314 g/mol. The predicted molar refractivity (Wildman–Crippen MR) is 97.0 cm³/mol. The van der Waals surface area contributed by atoms with Crippen molar-refractivity contribution in [1.29, 1.82) is 0 Å². The summed E-state index contributed by atoms with van der Waals surface area (Å²) in [6, 6.07) is 16.2. The third-order valence-corrected chi connectivity index (χ3v) is 4.36. The van der Waals surface area contributed by atoms with Gasteiger partial charge in [0.25, 0.3) is 0 Å². The van der Waals surface area contributed by atoms with Crippen LogP contribution in [0.5, 0.6) is 0 Å². The van der Waals surface area contributed by atoms with E-state index < -0.39 is 0 Å². The van der Waals surface area contributed by atoms with Gasteiger partial charge < -0.3 is 15.0 Å². The lowest BCUT2D eigenvalue weighted by Crippen LogP contribution is -2.45. The second-order valence-corrected chi connectivity index (χ2v) is 6.30. The Labute approximate surface area is 149 Å². The van der Waals surface area contributed by atoms with Gasteiger partial charge in [-0.2, -0.15) is 0 Å². The maximum atomic E-state index is 12.8. The molecule has 25 heavy (non-hydrogen) atoms. The van der Waals surface area contributed by atoms with Crippen LogP contribution in [0, 0.1) is 0 Å². The van der Waals surface area contributed by atoms with Crippen molar-refractivity contribution in [2.45, 2.75) is 25.4 Å². The molecule has 1 aliphatic heterocycles. The summed E-state index contributed by atoms with van der Waals surface area (Å²) in [5, 5.41) is 3.35. The molecule has 2 heterocycles. The molecule has 0 unspecified atom stereocenters. The second-order valence-electron chi connectivity index (χ2n) is 6.30. The van der Waals surface area contributed by atoms with Gasteiger partial charge in [0, 0.05) is 31.7 Å². The molecule has 1 aliphatic rings. The highest BCUT2D eigenvalue weighted by atomic mass is 16.5. The number of hydrogen-bond acceptors (Lipinski definition) is 4. The van der Waals surface area contributed by atoms with Crippen molar-refractivity contribution < 1.29 is 9.53 Å². The summed E-state index contributed by atoms with van der Waals surface area (Å²) in [7, 11) is 0. The van der Waals surface area contributed by atoms with Crippen molar-refractivity contribution in [3.63, 3.8) is 0 Å². The van der Waals surface area contributed by atoms with E-state index in [1.54, 1.807) is 6.20 Å². The molecule has 0 spiro atoms. The van der Waals surface area contributed by atoms with Crippen LogP contribution in [0.4, 0.5) is 0 Å². The summed E-state index contributed by atoms with van der Waals surface area (Å²) in [6.45, 7) is 3.35. The monoisotopic (exact) mass is 339 g/mol. The first-order chi connectivity index (χ1) is 12.3. The van der Waals surface area contributed by atoms with E-state index in [1.165, 1.54) is 5.56 Å². The maximum Gasteiger partial charge on any atom is 0.224 e. The fourth-order valence-electron chi connectivity index (χ4n) is 2.98. The Bertz CT molecular complexity index is 643. The molecule has 1 N–H and O–H groups in total. The third kappa shape index (κ3) is 5.66. The predicted octanol–water partition coefficient (Wildman–Crippen LogP) is 2.03. The number of ether oxygens (including phenoxy) is 1. The van der Waals surface area contributed by atoms with Gasteiger partial charge in [0.1, 0.15) is 0 Å². The van der Waals surface area contributed by atoms with Gasteiger partial charge >= 0.3 is 0 Å². The van der Waals surface area contributed by atoms with Crippen LogP contribution < -0.4 is 5.32 Å². The molecule has 1 aromatic heterocycles. The fraction of sp³-hybridized carbons (Fsp3) is 0.400. The minimum atomic E-state index is 0.101. The highest BCUT2D eigenvalue weighted by Gasteiger charge is 2.21. The molecule has 3 rings (SSSR count). The lowest BCUT2D eigenvalue weighted by molar-refractivity contribution is -0.133. The van der Waals surface area contributed by atoms with Gasteiger partial charge in [-0.3, -0.25) is 9.78 Å². The zero-order valence-electron chi connectivity index (χ0n) is 14.4. The molecule has 1 amide bonds. The van der Waals surface area contributed by atoms with E-state index in [1.807, 2.05) is 41.3 Å². The van der Waals surface area contributed by atoms with E-state index in [0.29, 0.717) is 26.1 Å². The van der Waals surface area contributed by atoms with Crippen molar-refractivity contribution in [3.05, 3.63) is 66.0 Å². The molecule has 0 saturated carbocycles. The molecule has 132 valence electrons. The van der Waals surface area contributed by atoms with Gasteiger partial charge in [0.2, 0.25) is 5.91 Å². The number of nitrogens with zero attached hydrogens (tertiary/aromatic N) is 2. The molecule has 5 nitrogen and oxygen atoms in total. The van der Waals surface area contributed by atoms with Crippen LogP contribution in [0.15, 0.2) is 54.7 Å². The summed E-state index contributed by atoms with van der Waals surface area (Å²) in [6.07, 6.45) is 3.07. The van der Waals surface area contributed by atoms with Gasteiger partial charge in [-0.05, 0) is 24.1 Å². The first kappa shape index (κ1) is 17.6. The van der Waals surface area contributed by atoms with Crippen LogP contribution in [-0.4, -0.2) is 48.1 Å².